The Bertz CT molecular complexity index is 1330. The van der Waals surface area contributed by atoms with Crippen molar-refractivity contribution in [1.82, 2.24) is 14.4 Å². The molecule has 1 saturated carbocycles. The van der Waals surface area contributed by atoms with E-state index >= 15 is 0 Å². The summed E-state index contributed by atoms with van der Waals surface area (Å²) in [7, 11) is 0. The molecule has 0 bridgehead atoms. The number of hydrogen-bond acceptors (Lipinski definition) is 6. The minimum Gasteiger partial charge on any atom is -0.436 e. The van der Waals surface area contributed by atoms with Gasteiger partial charge in [-0.2, -0.15) is 0 Å². The first-order valence-corrected chi connectivity index (χ1v) is 15.2. The van der Waals surface area contributed by atoms with E-state index in [-0.39, 0.29) is 29.7 Å². The molecule has 3 aliphatic heterocycles. The molecular formula is C31H42FN5O4. The highest BCUT2D eigenvalue weighted by atomic mass is 19.1. The maximum atomic E-state index is 14.0. The van der Waals surface area contributed by atoms with Crippen LogP contribution in [0.1, 0.15) is 70.9 Å². The number of nitrogens with one attached hydrogen (secondary N) is 1. The predicted molar refractivity (Wildman–Crippen MR) is 154 cm³/mol. The first-order chi connectivity index (χ1) is 19.7. The van der Waals surface area contributed by atoms with Gasteiger partial charge in [0.1, 0.15) is 18.3 Å². The number of nitrogens with zero attached hydrogens (tertiary/aromatic N) is 3. The molecule has 1 aromatic heterocycles. The number of nitrogens with two attached hydrogens (primary N) is 1. The lowest BCUT2D eigenvalue weighted by Gasteiger charge is -2.38. The van der Waals surface area contributed by atoms with Crippen molar-refractivity contribution < 1.29 is 23.5 Å². The molecule has 0 unspecified atom stereocenters. The lowest BCUT2D eigenvalue weighted by molar-refractivity contribution is -0.142. The number of ether oxygens (including phenoxy) is 1. The van der Waals surface area contributed by atoms with Crippen molar-refractivity contribution in [2.75, 3.05) is 31.6 Å². The second-order valence-electron chi connectivity index (χ2n) is 12.9. The van der Waals surface area contributed by atoms with Crippen LogP contribution in [0.5, 0.6) is 0 Å². The zero-order chi connectivity index (χ0) is 28.9. The summed E-state index contributed by atoms with van der Waals surface area (Å²) in [5.41, 5.74) is 7.27. The summed E-state index contributed by atoms with van der Waals surface area (Å²) in [6.45, 7) is 5.60. The SMILES string of the molecule is CC1(C)OC(=O)n2c1cc1ccc(NC(=O)[C@@H]3[C@H](N4CCCCC4)CCN3C(=O)C3CCC([C@H](N)CF)CC3)cc12. The number of alkyl halides is 1. The Labute approximate surface area is 240 Å². The third kappa shape index (κ3) is 5.14. The first-order valence-electron chi connectivity index (χ1n) is 15.2. The Balaban J connectivity index is 1.24. The molecule has 2 aromatic rings. The van der Waals surface area contributed by atoms with Crippen LogP contribution in [0.4, 0.5) is 14.9 Å². The molecule has 3 N–H and O–H groups in total. The van der Waals surface area contributed by atoms with Crippen molar-refractivity contribution in [3.8, 4) is 0 Å². The number of benzene rings is 1. The van der Waals surface area contributed by atoms with Crippen LogP contribution in [-0.2, 0) is 19.9 Å². The number of hydrogen-bond donors (Lipinski definition) is 2. The molecule has 222 valence electrons. The summed E-state index contributed by atoms with van der Waals surface area (Å²) in [6.07, 6.45) is 6.55. The highest BCUT2D eigenvalue weighted by Crippen LogP contribution is 2.38. The number of carbonyl (C=O) groups is 3. The smallest absolute Gasteiger partial charge is 0.419 e. The van der Waals surface area contributed by atoms with Crippen LogP contribution in [-0.4, -0.2) is 76.7 Å². The maximum absolute atomic E-state index is 14.0. The van der Waals surface area contributed by atoms with Crippen LogP contribution in [0.3, 0.4) is 0 Å². The van der Waals surface area contributed by atoms with Gasteiger partial charge in [0.25, 0.3) is 0 Å². The molecule has 10 heteroatoms. The standard InChI is InChI=1S/C31H42FN5O4/c1-31(2)26-16-21-10-11-22(17-25(21)37(26)30(40)41-31)34-28(38)27-24(35-13-4-3-5-14-35)12-15-36(27)29(39)20-8-6-19(7-9-20)23(33)18-32/h10-11,16-17,19-20,23-24,27H,3-9,12-15,18,33H2,1-2H3,(H,34,38)/t19?,20?,23-,24-,27+/m1/s1. The highest BCUT2D eigenvalue weighted by molar-refractivity contribution is 6.01. The number of rotatable bonds is 6. The Morgan fingerprint density at radius 2 is 1.80 bits per heavy atom. The first kappa shape index (κ1) is 28.2. The molecule has 6 rings (SSSR count). The zero-order valence-corrected chi connectivity index (χ0v) is 24.1. The minimum atomic E-state index is -0.720. The molecule has 3 atom stereocenters. The second-order valence-corrected chi connectivity index (χ2v) is 12.9. The number of anilines is 1. The van der Waals surface area contributed by atoms with Gasteiger partial charge in [0.15, 0.2) is 0 Å². The van der Waals surface area contributed by atoms with Gasteiger partial charge in [0, 0.05) is 35.6 Å². The number of carbonyl (C=O) groups excluding carboxylic acids is 3. The van der Waals surface area contributed by atoms with E-state index in [0.717, 1.165) is 56.3 Å². The van der Waals surface area contributed by atoms with E-state index in [0.29, 0.717) is 30.6 Å². The lowest BCUT2D eigenvalue weighted by atomic mass is 9.78. The van der Waals surface area contributed by atoms with Crippen molar-refractivity contribution in [3.63, 3.8) is 0 Å². The van der Waals surface area contributed by atoms with E-state index in [1.165, 1.54) is 6.42 Å². The molecule has 4 aliphatic rings. The van der Waals surface area contributed by atoms with Gasteiger partial charge in [-0.25, -0.2) is 13.8 Å². The third-order valence-electron chi connectivity index (χ3n) is 9.90. The Kier molecular flexibility index (Phi) is 7.57. The van der Waals surface area contributed by atoms with Crippen molar-refractivity contribution in [2.45, 2.75) is 88.9 Å². The topological polar surface area (TPSA) is 110 Å². The summed E-state index contributed by atoms with van der Waals surface area (Å²) in [4.78, 5) is 44.7. The molecule has 41 heavy (non-hydrogen) atoms. The van der Waals surface area contributed by atoms with Gasteiger partial charge in [-0.1, -0.05) is 12.5 Å². The molecule has 1 aromatic carbocycles. The molecule has 9 nitrogen and oxygen atoms in total. The van der Waals surface area contributed by atoms with Gasteiger partial charge in [-0.15, -0.1) is 0 Å². The number of cyclic esters (lactones) is 1. The monoisotopic (exact) mass is 567 g/mol. The van der Waals surface area contributed by atoms with Crippen LogP contribution in [0.15, 0.2) is 24.3 Å². The van der Waals surface area contributed by atoms with Gasteiger partial charge in [0.2, 0.25) is 11.8 Å². The number of aromatic nitrogens is 1. The van der Waals surface area contributed by atoms with E-state index < -0.39 is 30.5 Å². The van der Waals surface area contributed by atoms with E-state index in [4.69, 9.17) is 10.5 Å². The summed E-state index contributed by atoms with van der Waals surface area (Å²) in [5, 5.41) is 3.99. The number of fused-ring (bicyclic) bond motifs is 3. The Hall–Kier alpha value is -2.98. The van der Waals surface area contributed by atoms with Crippen molar-refractivity contribution >= 4 is 34.5 Å². The minimum absolute atomic E-state index is 0.0294. The molecule has 2 amide bonds. The zero-order valence-electron chi connectivity index (χ0n) is 24.1. The fraction of sp³-hybridized carbons (Fsp3) is 0.645. The maximum Gasteiger partial charge on any atom is 0.419 e. The molecule has 0 spiro atoms. The highest BCUT2D eigenvalue weighted by Gasteiger charge is 2.46. The van der Waals surface area contributed by atoms with Crippen LogP contribution in [0.25, 0.3) is 10.9 Å². The largest absolute Gasteiger partial charge is 0.436 e. The van der Waals surface area contributed by atoms with Gasteiger partial charge < -0.3 is 20.7 Å². The van der Waals surface area contributed by atoms with Crippen molar-refractivity contribution in [3.05, 3.63) is 30.0 Å². The number of piperidine rings is 1. The van der Waals surface area contributed by atoms with Gasteiger partial charge >= 0.3 is 6.09 Å². The molecule has 0 radical (unpaired) electrons. The van der Waals surface area contributed by atoms with Gasteiger partial charge in [-0.3, -0.25) is 14.5 Å². The van der Waals surface area contributed by atoms with Crippen molar-refractivity contribution in [2.24, 2.45) is 17.6 Å². The van der Waals surface area contributed by atoms with Gasteiger partial charge in [0.05, 0.1) is 11.2 Å². The summed E-state index contributed by atoms with van der Waals surface area (Å²) >= 11 is 0. The van der Waals surface area contributed by atoms with Crippen molar-refractivity contribution in [1.29, 1.82) is 0 Å². The predicted octanol–water partition coefficient (Wildman–Crippen LogP) is 4.37. The average molecular weight is 568 g/mol. The van der Waals surface area contributed by atoms with Crippen LogP contribution >= 0.6 is 0 Å². The molecule has 3 fully saturated rings. The van der Waals surface area contributed by atoms with E-state index in [2.05, 4.69) is 10.2 Å². The van der Waals surface area contributed by atoms with E-state index in [1.54, 1.807) is 4.57 Å². The second kappa shape index (κ2) is 11.0. The van der Waals surface area contributed by atoms with Gasteiger partial charge in [-0.05, 0) is 96.0 Å². The molecule has 2 saturated heterocycles. The van der Waals surface area contributed by atoms with Crippen LogP contribution in [0, 0.1) is 11.8 Å². The van der Waals surface area contributed by atoms with Crippen LogP contribution in [0.2, 0.25) is 0 Å². The molecule has 4 heterocycles. The number of amides is 2. The molecule has 1 aliphatic carbocycles. The van der Waals surface area contributed by atoms with Crippen LogP contribution < -0.4 is 11.1 Å². The van der Waals surface area contributed by atoms with E-state index in [9.17, 15) is 18.8 Å². The normalized spacial score (nSPS) is 28.9. The Morgan fingerprint density at radius 1 is 1.07 bits per heavy atom. The third-order valence-corrected chi connectivity index (χ3v) is 9.90. The summed E-state index contributed by atoms with van der Waals surface area (Å²) in [5.74, 6) is -0.227. The fourth-order valence-electron chi connectivity index (χ4n) is 7.58. The fourth-order valence-corrected chi connectivity index (χ4v) is 7.58. The van der Waals surface area contributed by atoms with E-state index in [1.807, 2.05) is 43.0 Å². The average Bonchev–Trinajstić information content (AvgIpc) is 3.65. The number of halogens is 1. The Morgan fingerprint density at radius 3 is 2.51 bits per heavy atom. The quantitative estimate of drug-likeness (QED) is 0.537. The number of likely N-dealkylation sites (tertiary alicyclic amines) is 2. The lowest BCUT2D eigenvalue weighted by Crippen LogP contribution is -2.55. The summed E-state index contributed by atoms with van der Waals surface area (Å²) in [6, 6.07) is 6.42. The summed E-state index contributed by atoms with van der Waals surface area (Å²) < 4.78 is 20.2. The molecular weight excluding hydrogens is 525 g/mol.